The molecule has 9 heavy (non-hydrogen) atoms. The van der Waals surface area contributed by atoms with Crippen molar-refractivity contribution in [3.8, 4) is 0 Å². The summed E-state index contributed by atoms with van der Waals surface area (Å²) < 4.78 is 2.11. The predicted octanol–water partition coefficient (Wildman–Crippen LogP) is 3.75. The van der Waals surface area contributed by atoms with Crippen LogP contribution in [0.5, 0.6) is 0 Å². The van der Waals surface area contributed by atoms with Crippen molar-refractivity contribution < 1.29 is 0 Å². The van der Waals surface area contributed by atoms with E-state index in [9.17, 15) is 0 Å². The van der Waals surface area contributed by atoms with Crippen molar-refractivity contribution in [1.82, 2.24) is 0 Å². The molecule has 0 amide bonds. The smallest absolute Gasteiger partial charge is 0.0182 e. The Bertz CT molecular complexity index is 150. The summed E-state index contributed by atoms with van der Waals surface area (Å²) in [6.45, 7) is 5.53. The van der Waals surface area contributed by atoms with Gasteiger partial charge in [0.05, 0.1) is 0 Å². The Kier molecular flexibility index (Phi) is 5.10. The average molecular weight is 252 g/mol. The first-order valence-electron chi connectivity index (χ1n) is 2.49. The fraction of sp³-hybridized carbons (Fsp3) is 0.143. The first kappa shape index (κ1) is 9.18. The third-order valence-electron chi connectivity index (χ3n) is 0.614. The highest BCUT2D eigenvalue weighted by Crippen LogP contribution is 2.12. The maximum Gasteiger partial charge on any atom is 0.0182 e. The lowest BCUT2D eigenvalue weighted by Gasteiger charge is -1.85. The number of hydrogen-bond donors (Lipinski definition) is 0. The van der Waals surface area contributed by atoms with Crippen LogP contribution >= 0.6 is 31.9 Å². The summed E-state index contributed by atoms with van der Waals surface area (Å²) in [6.07, 6.45) is 5.57. The maximum atomic E-state index is 3.56. The van der Waals surface area contributed by atoms with Gasteiger partial charge in [0.1, 0.15) is 0 Å². The minimum atomic E-state index is 1.02. The molecule has 0 fully saturated rings. The van der Waals surface area contributed by atoms with Crippen molar-refractivity contribution >= 4 is 31.9 Å². The monoisotopic (exact) mass is 250 g/mol. The lowest BCUT2D eigenvalue weighted by Crippen LogP contribution is -1.60. The van der Waals surface area contributed by atoms with Crippen LogP contribution in [0.2, 0.25) is 0 Å². The normalized spacial score (nSPS) is 13.7. The molecule has 0 aliphatic carbocycles. The first-order valence-corrected chi connectivity index (χ1v) is 4.07. The number of halogens is 2. The molecule has 2 heteroatoms. The summed E-state index contributed by atoms with van der Waals surface area (Å²) in [4.78, 5) is 0. The highest BCUT2D eigenvalue weighted by molar-refractivity contribution is 9.12. The second-order valence-corrected chi connectivity index (χ2v) is 3.68. The SMILES string of the molecule is C=C/C=C(Br)\C=C(/C)Br. The zero-order chi connectivity index (χ0) is 7.28. The van der Waals surface area contributed by atoms with Crippen LogP contribution in [0.3, 0.4) is 0 Å². The second-order valence-electron chi connectivity index (χ2n) is 1.52. The summed E-state index contributed by atoms with van der Waals surface area (Å²) in [5.41, 5.74) is 0. The van der Waals surface area contributed by atoms with Crippen LogP contribution in [0.4, 0.5) is 0 Å². The van der Waals surface area contributed by atoms with Gasteiger partial charge in [0.2, 0.25) is 0 Å². The predicted molar refractivity (Wildman–Crippen MR) is 49.9 cm³/mol. The largest absolute Gasteiger partial charge is 0.0990 e. The van der Waals surface area contributed by atoms with E-state index < -0.39 is 0 Å². The third kappa shape index (κ3) is 6.06. The Morgan fingerprint density at radius 3 is 2.33 bits per heavy atom. The van der Waals surface area contributed by atoms with Crippen molar-refractivity contribution in [2.45, 2.75) is 6.92 Å². The van der Waals surface area contributed by atoms with E-state index in [1.165, 1.54) is 0 Å². The topological polar surface area (TPSA) is 0 Å². The lowest BCUT2D eigenvalue weighted by atomic mass is 10.4. The Labute approximate surface area is 72.6 Å². The Hall–Kier alpha value is 0.180. The van der Waals surface area contributed by atoms with Crippen LogP contribution < -0.4 is 0 Å². The molecule has 0 heterocycles. The van der Waals surface area contributed by atoms with E-state index >= 15 is 0 Å². The third-order valence-corrected chi connectivity index (χ3v) is 1.34. The molecule has 0 aromatic rings. The van der Waals surface area contributed by atoms with Crippen molar-refractivity contribution in [3.05, 3.63) is 33.8 Å². The summed E-state index contributed by atoms with van der Waals surface area (Å²) >= 11 is 6.62. The molecule has 0 aromatic carbocycles. The summed E-state index contributed by atoms with van der Waals surface area (Å²) in [5, 5.41) is 0. The van der Waals surface area contributed by atoms with Gasteiger partial charge in [-0.1, -0.05) is 44.5 Å². The number of rotatable bonds is 2. The van der Waals surface area contributed by atoms with E-state index in [1.807, 2.05) is 19.1 Å². The summed E-state index contributed by atoms with van der Waals surface area (Å²) in [6, 6.07) is 0. The van der Waals surface area contributed by atoms with Crippen molar-refractivity contribution in [1.29, 1.82) is 0 Å². The first-order chi connectivity index (χ1) is 4.16. The van der Waals surface area contributed by atoms with Crippen molar-refractivity contribution in [2.75, 3.05) is 0 Å². The number of allylic oxidation sites excluding steroid dienone is 5. The van der Waals surface area contributed by atoms with Crippen LogP contribution in [-0.4, -0.2) is 0 Å². The molecule has 0 aliphatic heterocycles. The fourth-order valence-electron chi connectivity index (χ4n) is 0.351. The molecule has 0 nitrogen and oxygen atoms in total. The van der Waals surface area contributed by atoms with E-state index in [2.05, 4.69) is 38.4 Å². The molecule has 0 unspecified atom stereocenters. The van der Waals surface area contributed by atoms with Gasteiger partial charge in [-0.25, -0.2) is 0 Å². The maximum absolute atomic E-state index is 3.56. The Balaban J connectivity index is 4.05. The molecule has 50 valence electrons. The molecule has 0 N–H and O–H groups in total. The molecule has 0 saturated heterocycles. The van der Waals surface area contributed by atoms with Gasteiger partial charge < -0.3 is 0 Å². The average Bonchev–Trinajstić information content (AvgIpc) is 1.63. The van der Waals surface area contributed by atoms with Gasteiger partial charge in [-0.05, 0) is 23.6 Å². The number of hydrogen-bond acceptors (Lipinski definition) is 0. The Morgan fingerprint density at radius 2 is 2.00 bits per heavy atom. The zero-order valence-electron chi connectivity index (χ0n) is 5.20. The standard InChI is InChI=1S/C7H8Br2/c1-3-4-7(9)5-6(2)8/h3-5H,1H2,2H3/b6-5+,7-4+. The zero-order valence-corrected chi connectivity index (χ0v) is 8.37. The van der Waals surface area contributed by atoms with Crippen LogP contribution in [0.15, 0.2) is 33.8 Å². The van der Waals surface area contributed by atoms with Gasteiger partial charge in [-0.3, -0.25) is 0 Å². The van der Waals surface area contributed by atoms with E-state index in [1.54, 1.807) is 6.08 Å². The molecule has 0 rings (SSSR count). The quantitative estimate of drug-likeness (QED) is 0.656. The van der Waals surface area contributed by atoms with E-state index in [-0.39, 0.29) is 0 Å². The van der Waals surface area contributed by atoms with Crippen molar-refractivity contribution in [3.63, 3.8) is 0 Å². The molecule has 0 atom stereocenters. The molecule has 0 aromatic heterocycles. The van der Waals surface area contributed by atoms with Crippen molar-refractivity contribution in [2.24, 2.45) is 0 Å². The minimum Gasteiger partial charge on any atom is -0.0990 e. The van der Waals surface area contributed by atoms with Gasteiger partial charge in [0.15, 0.2) is 0 Å². The molecular formula is C7H8Br2. The molecule has 0 spiro atoms. The van der Waals surface area contributed by atoms with Crippen LogP contribution in [-0.2, 0) is 0 Å². The molecule has 0 saturated carbocycles. The van der Waals surface area contributed by atoms with Gasteiger partial charge in [0.25, 0.3) is 0 Å². The fourth-order valence-corrected chi connectivity index (χ4v) is 1.43. The van der Waals surface area contributed by atoms with Gasteiger partial charge in [0, 0.05) is 4.48 Å². The second kappa shape index (κ2) is 5.00. The van der Waals surface area contributed by atoms with Crippen LogP contribution in [0, 0.1) is 0 Å². The summed E-state index contributed by atoms with van der Waals surface area (Å²) in [5.74, 6) is 0. The van der Waals surface area contributed by atoms with Gasteiger partial charge >= 0.3 is 0 Å². The van der Waals surface area contributed by atoms with E-state index in [4.69, 9.17) is 0 Å². The van der Waals surface area contributed by atoms with E-state index in [0.717, 1.165) is 8.96 Å². The molecule has 0 aliphatic rings. The molecule has 0 radical (unpaired) electrons. The summed E-state index contributed by atoms with van der Waals surface area (Å²) in [7, 11) is 0. The van der Waals surface area contributed by atoms with Crippen LogP contribution in [0.1, 0.15) is 6.92 Å². The lowest BCUT2D eigenvalue weighted by molar-refractivity contribution is 1.68. The van der Waals surface area contributed by atoms with Crippen LogP contribution in [0.25, 0.3) is 0 Å². The highest BCUT2D eigenvalue weighted by Gasteiger charge is 1.82. The molecular weight excluding hydrogens is 244 g/mol. The minimum absolute atomic E-state index is 1.02. The van der Waals surface area contributed by atoms with E-state index in [0.29, 0.717) is 0 Å². The van der Waals surface area contributed by atoms with Gasteiger partial charge in [-0.15, -0.1) is 0 Å². The Morgan fingerprint density at radius 1 is 1.44 bits per heavy atom. The molecule has 0 bridgehead atoms. The van der Waals surface area contributed by atoms with Gasteiger partial charge in [-0.2, -0.15) is 0 Å². The highest BCUT2D eigenvalue weighted by atomic mass is 79.9.